The van der Waals surface area contributed by atoms with Crippen LogP contribution in [-0.4, -0.2) is 42.9 Å². The zero-order valence-electron chi connectivity index (χ0n) is 8.62. The van der Waals surface area contributed by atoms with Gasteiger partial charge in [-0.2, -0.15) is 0 Å². The third kappa shape index (κ3) is 1.87. The Morgan fingerprint density at radius 2 is 2.31 bits per heavy atom. The maximum atomic E-state index is 5.66. The van der Waals surface area contributed by atoms with Crippen LogP contribution in [0, 0.1) is 0 Å². The molecule has 2 aliphatic rings. The molecule has 13 heavy (non-hydrogen) atoms. The molecule has 0 saturated carbocycles. The van der Waals surface area contributed by atoms with Crippen molar-refractivity contribution >= 4 is 0 Å². The molecule has 0 aromatic rings. The molecule has 2 atom stereocenters. The van der Waals surface area contributed by atoms with Crippen LogP contribution >= 0.6 is 0 Å². The topological polar surface area (TPSA) is 24.5 Å². The number of likely N-dealkylation sites (tertiary alicyclic amines) is 1. The second-order valence-electron chi connectivity index (χ2n) is 4.29. The monoisotopic (exact) mass is 184 g/mol. The predicted octanol–water partition coefficient (Wildman–Crippen LogP) is 0.805. The normalized spacial score (nSPS) is 36.2. The van der Waals surface area contributed by atoms with E-state index < -0.39 is 0 Å². The number of hydrogen-bond acceptors (Lipinski definition) is 3. The van der Waals surface area contributed by atoms with Crippen LogP contribution in [-0.2, 0) is 4.74 Å². The highest BCUT2D eigenvalue weighted by Crippen LogP contribution is 2.24. The molecule has 0 aromatic carbocycles. The SMILES string of the molecule is CC(C)N1CCCC1C1NCCO1. The summed E-state index contributed by atoms with van der Waals surface area (Å²) in [4.78, 5) is 2.56. The number of nitrogens with one attached hydrogen (secondary N) is 1. The first kappa shape index (κ1) is 9.44. The van der Waals surface area contributed by atoms with Gasteiger partial charge in [0.25, 0.3) is 0 Å². The van der Waals surface area contributed by atoms with Crippen LogP contribution in [0.1, 0.15) is 26.7 Å². The Labute approximate surface area is 80.4 Å². The van der Waals surface area contributed by atoms with E-state index in [4.69, 9.17) is 4.74 Å². The van der Waals surface area contributed by atoms with Crippen LogP contribution < -0.4 is 5.32 Å². The standard InChI is InChI=1S/C10H20N2O/c1-8(2)12-6-3-4-9(12)10-11-5-7-13-10/h8-11H,3-7H2,1-2H3. The molecule has 2 fully saturated rings. The van der Waals surface area contributed by atoms with E-state index in [1.54, 1.807) is 0 Å². The molecule has 2 heterocycles. The van der Waals surface area contributed by atoms with Crippen molar-refractivity contribution in [2.24, 2.45) is 0 Å². The lowest BCUT2D eigenvalue weighted by Gasteiger charge is -2.31. The number of nitrogens with zero attached hydrogens (tertiary/aromatic N) is 1. The van der Waals surface area contributed by atoms with Gasteiger partial charge in [-0.3, -0.25) is 10.2 Å². The quantitative estimate of drug-likeness (QED) is 0.687. The van der Waals surface area contributed by atoms with E-state index in [1.165, 1.54) is 19.4 Å². The van der Waals surface area contributed by atoms with Crippen molar-refractivity contribution in [3.8, 4) is 0 Å². The van der Waals surface area contributed by atoms with E-state index in [9.17, 15) is 0 Å². The van der Waals surface area contributed by atoms with Crippen molar-refractivity contribution in [3.63, 3.8) is 0 Å². The average Bonchev–Trinajstić information content (AvgIpc) is 2.74. The molecule has 76 valence electrons. The average molecular weight is 184 g/mol. The first-order valence-corrected chi connectivity index (χ1v) is 5.40. The van der Waals surface area contributed by atoms with Crippen LogP contribution in [0.4, 0.5) is 0 Å². The van der Waals surface area contributed by atoms with Crippen LogP contribution in [0.25, 0.3) is 0 Å². The maximum absolute atomic E-state index is 5.66. The number of rotatable bonds is 2. The lowest BCUT2D eigenvalue weighted by atomic mass is 10.2. The highest BCUT2D eigenvalue weighted by atomic mass is 16.5. The Balaban J connectivity index is 1.96. The van der Waals surface area contributed by atoms with E-state index >= 15 is 0 Å². The van der Waals surface area contributed by atoms with Crippen LogP contribution in [0.15, 0.2) is 0 Å². The third-order valence-electron chi connectivity index (χ3n) is 3.10. The van der Waals surface area contributed by atoms with Crippen LogP contribution in [0.2, 0.25) is 0 Å². The van der Waals surface area contributed by atoms with Crippen molar-refractivity contribution in [2.45, 2.75) is 45.0 Å². The fraction of sp³-hybridized carbons (Fsp3) is 1.00. The van der Waals surface area contributed by atoms with Crippen LogP contribution in [0.3, 0.4) is 0 Å². The lowest BCUT2D eigenvalue weighted by molar-refractivity contribution is 0.0213. The minimum Gasteiger partial charge on any atom is -0.360 e. The Kier molecular flexibility index (Phi) is 2.86. The summed E-state index contributed by atoms with van der Waals surface area (Å²) >= 11 is 0. The Hall–Kier alpha value is -0.120. The van der Waals surface area contributed by atoms with Gasteiger partial charge in [0.1, 0.15) is 6.23 Å². The van der Waals surface area contributed by atoms with Gasteiger partial charge in [0.2, 0.25) is 0 Å². The second-order valence-corrected chi connectivity index (χ2v) is 4.29. The second kappa shape index (κ2) is 3.95. The fourth-order valence-electron chi connectivity index (χ4n) is 2.47. The zero-order valence-corrected chi connectivity index (χ0v) is 8.62. The van der Waals surface area contributed by atoms with Gasteiger partial charge in [-0.25, -0.2) is 0 Å². The molecule has 0 aliphatic carbocycles. The van der Waals surface area contributed by atoms with Gasteiger partial charge in [0, 0.05) is 18.6 Å². The van der Waals surface area contributed by atoms with Gasteiger partial charge >= 0.3 is 0 Å². The molecule has 0 spiro atoms. The first-order valence-electron chi connectivity index (χ1n) is 5.40. The molecule has 0 amide bonds. The summed E-state index contributed by atoms with van der Waals surface area (Å²) < 4.78 is 5.66. The van der Waals surface area contributed by atoms with Crippen molar-refractivity contribution in [2.75, 3.05) is 19.7 Å². The summed E-state index contributed by atoms with van der Waals surface area (Å²) in [5, 5.41) is 3.42. The number of hydrogen-bond donors (Lipinski definition) is 1. The molecule has 0 aromatic heterocycles. The predicted molar refractivity (Wildman–Crippen MR) is 52.6 cm³/mol. The molecule has 0 radical (unpaired) electrons. The van der Waals surface area contributed by atoms with E-state index in [0.29, 0.717) is 18.3 Å². The molecule has 0 bridgehead atoms. The molecular weight excluding hydrogens is 164 g/mol. The van der Waals surface area contributed by atoms with Gasteiger partial charge in [0.15, 0.2) is 0 Å². The highest BCUT2D eigenvalue weighted by molar-refractivity contribution is 4.88. The van der Waals surface area contributed by atoms with Crippen molar-refractivity contribution < 1.29 is 4.74 Å². The maximum Gasteiger partial charge on any atom is 0.123 e. The molecule has 2 saturated heterocycles. The van der Waals surface area contributed by atoms with Gasteiger partial charge in [0.05, 0.1) is 6.61 Å². The zero-order chi connectivity index (χ0) is 9.26. The van der Waals surface area contributed by atoms with Crippen molar-refractivity contribution in [1.82, 2.24) is 10.2 Å². The molecule has 1 N–H and O–H groups in total. The van der Waals surface area contributed by atoms with E-state index in [1.807, 2.05) is 0 Å². The van der Waals surface area contributed by atoms with Gasteiger partial charge in [-0.15, -0.1) is 0 Å². The Bertz CT molecular complexity index is 166. The molecule has 2 aliphatic heterocycles. The lowest BCUT2D eigenvalue weighted by Crippen LogP contribution is -2.47. The number of ether oxygens (including phenoxy) is 1. The smallest absolute Gasteiger partial charge is 0.123 e. The molecular formula is C10H20N2O. The van der Waals surface area contributed by atoms with Gasteiger partial charge < -0.3 is 4.74 Å². The van der Waals surface area contributed by atoms with E-state index in [0.717, 1.165) is 13.2 Å². The summed E-state index contributed by atoms with van der Waals surface area (Å²) in [6, 6.07) is 1.26. The Morgan fingerprint density at radius 3 is 2.92 bits per heavy atom. The summed E-state index contributed by atoms with van der Waals surface area (Å²) in [6.07, 6.45) is 2.91. The summed E-state index contributed by atoms with van der Waals surface area (Å²) in [6.45, 7) is 7.69. The summed E-state index contributed by atoms with van der Waals surface area (Å²) in [7, 11) is 0. The fourth-order valence-corrected chi connectivity index (χ4v) is 2.47. The van der Waals surface area contributed by atoms with Crippen molar-refractivity contribution in [1.29, 1.82) is 0 Å². The molecule has 3 nitrogen and oxygen atoms in total. The highest BCUT2D eigenvalue weighted by Gasteiger charge is 2.34. The van der Waals surface area contributed by atoms with Gasteiger partial charge in [-0.1, -0.05) is 0 Å². The van der Waals surface area contributed by atoms with E-state index in [2.05, 4.69) is 24.1 Å². The summed E-state index contributed by atoms with van der Waals surface area (Å²) in [5.74, 6) is 0. The molecule has 3 heteroatoms. The molecule has 2 rings (SSSR count). The minimum atomic E-state index is 0.296. The summed E-state index contributed by atoms with van der Waals surface area (Å²) in [5.41, 5.74) is 0. The van der Waals surface area contributed by atoms with Crippen molar-refractivity contribution in [3.05, 3.63) is 0 Å². The van der Waals surface area contributed by atoms with Gasteiger partial charge in [-0.05, 0) is 33.2 Å². The van der Waals surface area contributed by atoms with Crippen LogP contribution in [0.5, 0.6) is 0 Å². The first-order chi connectivity index (χ1) is 6.29. The third-order valence-corrected chi connectivity index (χ3v) is 3.10. The molecule has 2 unspecified atom stereocenters. The van der Waals surface area contributed by atoms with E-state index in [-0.39, 0.29) is 0 Å². The Morgan fingerprint density at radius 1 is 1.46 bits per heavy atom. The minimum absolute atomic E-state index is 0.296. The largest absolute Gasteiger partial charge is 0.360 e.